The molecule has 0 aliphatic carbocycles. The van der Waals surface area contributed by atoms with E-state index in [-0.39, 0.29) is 17.8 Å². The van der Waals surface area contributed by atoms with E-state index in [0.717, 1.165) is 5.56 Å². The van der Waals surface area contributed by atoms with Gasteiger partial charge in [-0.1, -0.05) is 41.9 Å². The molecule has 4 rings (SSSR count). The molecule has 0 radical (unpaired) electrons. The summed E-state index contributed by atoms with van der Waals surface area (Å²) >= 11 is 5.90. The molecular formula is C21H19ClN6O3. The van der Waals surface area contributed by atoms with E-state index in [1.54, 1.807) is 30.0 Å². The minimum atomic E-state index is -0.543. The Morgan fingerprint density at radius 3 is 2.65 bits per heavy atom. The zero-order chi connectivity index (χ0) is 21.8. The number of anilines is 1. The lowest BCUT2D eigenvalue weighted by Gasteiger charge is -2.10. The van der Waals surface area contributed by atoms with Crippen LogP contribution in [-0.4, -0.2) is 31.9 Å². The Bertz CT molecular complexity index is 1340. The van der Waals surface area contributed by atoms with Gasteiger partial charge in [0.25, 0.3) is 5.56 Å². The molecule has 0 bridgehead atoms. The number of fused-ring (bicyclic) bond motifs is 1. The summed E-state index contributed by atoms with van der Waals surface area (Å²) in [4.78, 5) is 31.2. The number of nitrogens with one attached hydrogen (secondary N) is 2. The summed E-state index contributed by atoms with van der Waals surface area (Å²) in [5.74, 6) is 1.02. The van der Waals surface area contributed by atoms with Crippen LogP contribution in [0.1, 0.15) is 5.56 Å². The highest BCUT2D eigenvalue weighted by Crippen LogP contribution is 2.16. The molecule has 0 aliphatic rings. The van der Waals surface area contributed by atoms with E-state index in [2.05, 4.69) is 20.5 Å². The van der Waals surface area contributed by atoms with Gasteiger partial charge in [0.2, 0.25) is 5.95 Å². The van der Waals surface area contributed by atoms with E-state index < -0.39 is 11.2 Å². The molecular weight excluding hydrogens is 420 g/mol. The van der Waals surface area contributed by atoms with Crippen LogP contribution in [0.15, 0.2) is 69.3 Å². The number of H-pyrrole nitrogens is 1. The van der Waals surface area contributed by atoms with Crippen molar-refractivity contribution in [3.63, 3.8) is 0 Å². The highest BCUT2D eigenvalue weighted by atomic mass is 35.5. The molecule has 0 aliphatic heterocycles. The first-order valence-corrected chi connectivity index (χ1v) is 9.83. The fraction of sp³-hybridized carbons (Fsp3) is 0.143. The summed E-state index contributed by atoms with van der Waals surface area (Å²) in [6.45, 7) is 0.596. The maximum absolute atomic E-state index is 12.5. The van der Waals surface area contributed by atoms with Gasteiger partial charge in [-0.2, -0.15) is 10.1 Å². The third-order valence-electron chi connectivity index (χ3n) is 4.58. The van der Waals surface area contributed by atoms with Gasteiger partial charge in [0, 0.05) is 12.1 Å². The van der Waals surface area contributed by atoms with Crippen molar-refractivity contribution in [2.45, 2.75) is 6.54 Å². The topological polar surface area (TPSA) is 106 Å². The summed E-state index contributed by atoms with van der Waals surface area (Å²) in [5, 5.41) is 4.83. The van der Waals surface area contributed by atoms with E-state index in [4.69, 9.17) is 16.3 Å². The SMILES string of the molecule is Cn1c(=O)[nH]c(=O)c2c1nc(NN=Cc1ccc(Cl)cc1)n2CCOc1ccccc1. The van der Waals surface area contributed by atoms with E-state index in [1.807, 2.05) is 42.5 Å². The Labute approximate surface area is 181 Å². The molecule has 2 heterocycles. The van der Waals surface area contributed by atoms with Crippen molar-refractivity contribution in [2.75, 3.05) is 12.0 Å². The van der Waals surface area contributed by atoms with Crippen LogP contribution < -0.4 is 21.4 Å². The van der Waals surface area contributed by atoms with Crippen molar-refractivity contribution in [1.29, 1.82) is 0 Å². The van der Waals surface area contributed by atoms with Crippen LogP contribution in [-0.2, 0) is 13.6 Å². The second-order valence-electron chi connectivity index (χ2n) is 6.66. The van der Waals surface area contributed by atoms with E-state index in [9.17, 15) is 9.59 Å². The molecule has 0 saturated heterocycles. The van der Waals surface area contributed by atoms with E-state index >= 15 is 0 Å². The molecule has 4 aromatic rings. The number of aryl methyl sites for hydroxylation is 1. The number of rotatable bonds is 7. The zero-order valence-corrected chi connectivity index (χ0v) is 17.3. The van der Waals surface area contributed by atoms with Gasteiger partial charge in [-0.05, 0) is 29.8 Å². The van der Waals surface area contributed by atoms with Gasteiger partial charge in [0.1, 0.15) is 12.4 Å². The van der Waals surface area contributed by atoms with Gasteiger partial charge in [0.05, 0.1) is 12.8 Å². The number of hydrazone groups is 1. The number of nitrogens with zero attached hydrogens (tertiary/aromatic N) is 4. The normalized spacial score (nSPS) is 11.3. The summed E-state index contributed by atoms with van der Waals surface area (Å²) in [5.41, 5.74) is 3.11. The first kappa shape index (κ1) is 20.4. The number of aromatic nitrogens is 4. The average molecular weight is 439 g/mol. The number of ether oxygens (including phenoxy) is 1. The molecule has 0 unspecified atom stereocenters. The lowest BCUT2D eigenvalue weighted by Crippen LogP contribution is -2.29. The Hall–Kier alpha value is -3.85. The Kier molecular flexibility index (Phi) is 5.85. The predicted octanol–water partition coefficient (Wildman–Crippen LogP) is 2.60. The van der Waals surface area contributed by atoms with Crippen LogP contribution in [0.25, 0.3) is 11.2 Å². The number of hydrogen-bond acceptors (Lipinski definition) is 6. The van der Waals surface area contributed by atoms with Crippen LogP contribution in [0.5, 0.6) is 5.75 Å². The smallest absolute Gasteiger partial charge is 0.329 e. The summed E-state index contributed by atoms with van der Waals surface area (Å²) in [6.07, 6.45) is 1.60. The van der Waals surface area contributed by atoms with Gasteiger partial charge in [0.15, 0.2) is 11.2 Å². The number of aromatic amines is 1. The van der Waals surface area contributed by atoms with Crippen LogP contribution in [0, 0.1) is 0 Å². The van der Waals surface area contributed by atoms with Crippen LogP contribution in [0.2, 0.25) is 5.02 Å². The molecule has 0 atom stereocenters. The molecule has 0 saturated carbocycles. The average Bonchev–Trinajstić information content (AvgIpc) is 3.13. The molecule has 10 heteroatoms. The van der Waals surface area contributed by atoms with Crippen LogP contribution in [0.3, 0.4) is 0 Å². The minimum absolute atomic E-state index is 0.248. The van der Waals surface area contributed by atoms with E-state index in [1.165, 1.54) is 4.57 Å². The molecule has 9 nitrogen and oxygen atoms in total. The molecule has 2 aromatic heterocycles. The number of imidazole rings is 1. The second kappa shape index (κ2) is 8.88. The summed E-state index contributed by atoms with van der Waals surface area (Å²) in [7, 11) is 1.54. The molecule has 2 aromatic carbocycles. The van der Waals surface area contributed by atoms with Gasteiger partial charge in [-0.15, -0.1) is 0 Å². The Morgan fingerprint density at radius 2 is 1.90 bits per heavy atom. The Balaban J connectivity index is 1.64. The van der Waals surface area contributed by atoms with Crippen molar-refractivity contribution in [2.24, 2.45) is 12.1 Å². The third-order valence-corrected chi connectivity index (χ3v) is 4.83. The van der Waals surface area contributed by atoms with Gasteiger partial charge in [-0.25, -0.2) is 10.2 Å². The van der Waals surface area contributed by atoms with Crippen molar-refractivity contribution in [3.05, 3.63) is 86.0 Å². The molecule has 31 heavy (non-hydrogen) atoms. The predicted molar refractivity (Wildman–Crippen MR) is 120 cm³/mol. The molecule has 0 spiro atoms. The van der Waals surface area contributed by atoms with Crippen molar-refractivity contribution in [1.82, 2.24) is 19.1 Å². The number of halogens is 1. The maximum atomic E-state index is 12.5. The number of hydrogen-bond donors (Lipinski definition) is 2. The first-order valence-electron chi connectivity index (χ1n) is 9.45. The first-order chi connectivity index (χ1) is 15.0. The Morgan fingerprint density at radius 1 is 1.16 bits per heavy atom. The third kappa shape index (κ3) is 4.51. The van der Waals surface area contributed by atoms with Gasteiger partial charge >= 0.3 is 5.69 Å². The van der Waals surface area contributed by atoms with Crippen LogP contribution >= 0.6 is 11.6 Å². The molecule has 2 N–H and O–H groups in total. The highest BCUT2D eigenvalue weighted by molar-refractivity contribution is 6.30. The molecule has 0 amide bonds. The fourth-order valence-electron chi connectivity index (χ4n) is 3.02. The standard InChI is InChI=1S/C21H19ClN6O3/c1-27-18-17(19(29)25-21(27)30)28(11-12-31-16-5-3-2-4-6-16)20(24-18)26-23-13-14-7-9-15(22)10-8-14/h2-10,13H,11-12H2,1H3,(H,24,26)(H,25,29,30). The van der Waals surface area contributed by atoms with Gasteiger partial charge in [-0.3, -0.25) is 18.9 Å². The lowest BCUT2D eigenvalue weighted by molar-refractivity contribution is 0.301. The molecule has 158 valence electrons. The second-order valence-corrected chi connectivity index (χ2v) is 7.10. The van der Waals surface area contributed by atoms with Crippen molar-refractivity contribution >= 4 is 34.9 Å². The number of para-hydroxylation sites is 1. The monoisotopic (exact) mass is 438 g/mol. The van der Waals surface area contributed by atoms with Gasteiger partial charge < -0.3 is 4.74 Å². The highest BCUT2D eigenvalue weighted by Gasteiger charge is 2.17. The van der Waals surface area contributed by atoms with Crippen molar-refractivity contribution in [3.8, 4) is 5.75 Å². The summed E-state index contributed by atoms with van der Waals surface area (Å²) in [6, 6.07) is 16.5. The summed E-state index contributed by atoms with van der Waals surface area (Å²) < 4.78 is 8.67. The number of benzene rings is 2. The largest absolute Gasteiger partial charge is 0.492 e. The van der Waals surface area contributed by atoms with E-state index in [0.29, 0.717) is 23.3 Å². The van der Waals surface area contributed by atoms with Crippen molar-refractivity contribution < 1.29 is 4.74 Å². The quantitative estimate of drug-likeness (QED) is 0.341. The molecule has 0 fully saturated rings. The minimum Gasteiger partial charge on any atom is -0.492 e. The maximum Gasteiger partial charge on any atom is 0.329 e. The lowest BCUT2D eigenvalue weighted by atomic mass is 10.2. The fourth-order valence-corrected chi connectivity index (χ4v) is 3.15. The van der Waals surface area contributed by atoms with Crippen LogP contribution in [0.4, 0.5) is 5.95 Å². The zero-order valence-electron chi connectivity index (χ0n) is 16.6.